The van der Waals surface area contributed by atoms with Crippen LogP contribution in [0.2, 0.25) is 0 Å². The highest BCUT2D eigenvalue weighted by atomic mass is 32.3. The van der Waals surface area contributed by atoms with Crippen LogP contribution in [0.1, 0.15) is 0 Å². The van der Waals surface area contributed by atoms with Gasteiger partial charge in [0.2, 0.25) is 0 Å². The van der Waals surface area contributed by atoms with E-state index in [4.69, 9.17) is 17.5 Å². The van der Waals surface area contributed by atoms with Crippen molar-refractivity contribution in [2.24, 2.45) is 0 Å². The maximum Gasteiger partial charge on any atom is 0.394 e. The second-order valence-electron chi connectivity index (χ2n) is 2.00. The predicted octanol–water partition coefficient (Wildman–Crippen LogP) is 1.50. The van der Waals surface area contributed by atoms with Gasteiger partial charge in [0, 0.05) is 9.79 Å². The third-order valence-electron chi connectivity index (χ3n) is 1.03. The topological polar surface area (TPSA) is 74.6 Å². The molecule has 1 aliphatic rings. The van der Waals surface area contributed by atoms with Crippen molar-refractivity contribution in [3.63, 3.8) is 0 Å². The minimum Gasteiger partial charge on any atom is -0.264 e. The molecule has 0 unspecified atom stereocenters. The molecule has 0 atom stereocenters. The first-order valence-electron chi connectivity index (χ1n) is 2.93. The summed E-state index contributed by atoms with van der Waals surface area (Å²) >= 11 is 1.86. The molecule has 12 heavy (non-hydrogen) atoms. The van der Waals surface area contributed by atoms with Crippen molar-refractivity contribution in [3.8, 4) is 0 Å². The van der Waals surface area contributed by atoms with E-state index in [-0.39, 0.29) is 0 Å². The smallest absolute Gasteiger partial charge is 0.264 e. The summed E-state index contributed by atoms with van der Waals surface area (Å²) < 4.78 is 31.6. The van der Waals surface area contributed by atoms with Crippen LogP contribution in [0, 0.1) is 0 Å². The van der Waals surface area contributed by atoms with Gasteiger partial charge in [0.05, 0.1) is 0 Å². The normalized spacial score (nSPS) is 12.5. The first kappa shape index (κ1) is 9.53. The molecule has 2 rings (SSSR count). The van der Waals surface area contributed by atoms with Crippen molar-refractivity contribution in [1.82, 2.24) is 0 Å². The predicted molar refractivity (Wildman–Crippen MR) is 44.7 cm³/mol. The molecule has 0 saturated heterocycles. The van der Waals surface area contributed by atoms with E-state index in [2.05, 4.69) is 24.3 Å². The molecule has 0 saturated carbocycles. The molecule has 2 N–H and O–H groups in total. The highest BCUT2D eigenvalue weighted by Crippen LogP contribution is 2.47. The summed E-state index contributed by atoms with van der Waals surface area (Å²) in [6, 6.07) is 8.41. The second kappa shape index (κ2) is 3.44. The van der Waals surface area contributed by atoms with Gasteiger partial charge in [-0.15, -0.1) is 0 Å². The van der Waals surface area contributed by atoms with Crippen molar-refractivity contribution in [3.05, 3.63) is 24.3 Å². The van der Waals surface area contributed by atoms with Crippen molar-refractivity contribution < 1.29 is 17.5 Å². The van der Waals surface area contributed by atoms with Gasteiger partial charge >= 0.3 is 10.4 Å². The Labute approximate surface area is 74.2 Å². The third-order valence-corrected chi connectivity index (χ3v) is 1.98. The fraction of sp³-hybridized carbons (Fsp3) is 0. The average molecular weight is 206 g/mol. The number of benzene rings is 1. The van der Waals surface area contributed by atoms with Gasteiger partial charge in [-0.1, -0.05) is 23.9 Å². The largest absolute Gasteiger partial charge is 0.394 e. The van der Waals surface area contributed by atoms with Crippen molar-refractivity contribution in [2.75, 3.05) is 0 Å². The molecule has 1 aromatic rings. The van der Waals surface area contributed by atoms with Gasteiger partial charge in [-0.25, -0.2) is 0 Å². The summed E-state index contributed by atoms with van der Waals surface area (Å²) in [5.74, 6) is 0. The van der Waals surface area contributed by atoms with Crippen LogP contribution in [0.3, 0.4) is 0 Å². The molecule has 0 fully saturated rings. The van der Waals surface area contributed by atoms with E-state index in [1.807, 2.05) is 11.8 Å². The highest BCUT2D eigenvalue weighted by Gasteiger charge is 2.14. The van der Waals surface area contributed by atoms with Crippen molar-refractivity contribution >= 4 is 22.2 Å². The molecule has 0 radical (unpaired) electrons. The van der Waals surface area contributed by atoms with Crippen LogP contribution in [0.5, 0.6) is 0 Å². The van der Waals surface area contributed by atoms with Crippen molar-refractivity contribution in [2.45, 2.75) is 9.79 Å². The molecule has 0 bridgehead atoms. The van der Waals surface area contributed by atoms with Crippen molar-refractivity contribution in [1.29, 1.82) is 0 Å². The molecule has 1 aliphatic heterocycles. The van der Waals surface area contributed by atoms with E-state index >= 15 is 0 Å². The van der Waals surface area contributed by atoms with Crippen LogP contribution in [-0.4, -0.2) is 17.5 Å². The lowest BCUT2D eigenvalue weighted by molar-refractivity contribution is 0.381. The fourth-order valence-corrected chi connectivity index (χ4v) is 1.23. The Balaban J connectivity index is 0.000000130. The summed E-state index contributed by atoms with van der Waals surface area (Å²) in [5, 5.41) is 0. The molecule has 66 valence electrons. The standard InChI is InChI=1S/C6H4S.H2O4S/c1-2-4-6-5(3-1)7-6;1-5(2,3)4/h1-4H;(H2,1,2,3,4). The molecule has 0 aromatic heterocycles. The lowest BCUT2D eigenvalue weighted by atomic mass is 10.4. The number of fused-ring (bicyclic) bond motifs is 1. The van der Waals surface area contributed by atoms with Gasteiger partial charge in [0.15, 0.2) is 0 Å². The van der Waals surface area contributed by atoms with Gasteiger partial charge < -0.3 is 0 Å². The Bertz CT molecular complexity index is 342. The first-order chi connectivity index (χ1) is 5.47. The van der Waals surface area contributed by atoms with Gasteiger partial charge in [-0.2, -0.15) is 8.42 Å². The Morgan fingerprint density at radius 3 is 1.67 bits per heavy atom. The Hall–Kier alpha value is -0.560. The van der Waals surface area contributed by atoms with Crippen LogP contribution in [0.4, 0.5) is 0 Å². The zero-order chi connectivity index (χ0) is 9.19. The molecule has 0 aliphatic carbocycles. The summed E-state index contributed by atoms with van der Waals surface area (Å²) in [6.45, 7) is 0. The maximum atomic E-state index is 8.74. The molecule has 0 amide bonds. The van der Waals surface area contributed by atoms with Gasteiger partial charge in [-0.3, -0.25) is 9.11 Å². The van der Waals surface area contributed by atoms with Crippen LogP contribution in [-0.2, 0) is 10.4 Å². The number of hydrogen-bond acceptors (Lipinski definition) is 3. The molecule has 4 nitrogen and oxygen atoms in total. The summed E-state index contributed by atoms with van der Waals surface area (Å²) in [4.78, 5) is 2.89. The lowest BCUT2D eigenvalue weighted by Gasteiger charge is -1.68. The van der Waals surface area contributed by atoms with Gasteiger partial charge in [0.1, 0.15) is 0 Å². The van der Waals surface area contributed by atoms with Gasteiger partial charge in [0.25, 0.3) is 0 Å². The Morgan fingerprint density at radius 2 is 1.42 bits per heavy atom. The third kappa shape index (κ3) is 4.35. The summed E-state index contributed by atoms with van der Waals surface area (Å²) in [6.07, 6.45) is 0. The Morgan fingerprint density at radius 1 is 1.08 bits per heavy atom. The minimum absolute atomic E-state index is 1.45. The Kier molecular flexibility index (Phi) is 2.73. The molecule has 1 aromatic carbocycles. The van der Waals surface area contributed by atoms with Gasteiger partial charge in [-0.05, 0) is 12.1 Å². The first-order valence-corrected chi connectivity index (χ1v) is 5.15. The fourth-order valence-electron chi connectivity index (χ4n) is 0.611. The molecule has 6 heteroatoms. The van der Waals surface area contributed by atoms with Crippen LogP contribution in [0.25, 0.3) is 0 Å². The zero-order valence-electron chi connectivity index (χ0n) is 5.84. The average Bonchev–Trinajstić information content (AvgIpc) is 2.59. The molecule has 0 spiro atoms. The summed E-state index contributed by atoms with van der Waals surface area (Å²) in [5.41, 5.74) is 0. The minimum atomic E-state index is -4.67. The lowest BCUT2D eigenvalue weighted by Crippen LogP contribution is -1.89. The SMILES string of the molecule is O=S(=O)(O)O.c1ccc2c(c1)S2. The van der Waals surface area contributed by atoms with Crippen LogP contribution < -0.4 is 0 Å². The maximum absolute atomic E-state index is 8.74. The van der Waals surface area contributed by atoms with E-state index in [0.29, 0.717) is 0 Å². The monoisotopic (exact) mass is 206 g/mol. The summed E-state index contributed by atoms with van der Waals surface area (Å²) in [7, 11) is -4.67. The highest BCUT2D eigenvalue weighted by molar-refractivity contribution is 8.04. The van der Waals surface area contributed by atoms with E-state index in [9.17, 15) is 0 Å². The van der Waals surface area contributed by atoms with E-state index < -0.39 is 10.4 Å². The van der Waals surface area contributed by atoms with Crippen LogP contribution >= 0.6 is 11.8 Å². The second-order valence-corrected chi connectivity index (χ2v) is 3.98. The molecular formula is C6H6O4S2. The number of hydrogen-bond donors (Lipinski definition) is 2. The van der Waals surface area contributed by atoms with E-state index in [1.165, 1.54) is 9.79 Å². The van der Waals surface area contributed by atoms with E-state index in [1.54, 1.807) is 0 Å². The quantitative estimate of drug-likeness (QED) is 0.504. The zero-order valence-corrected chi connectivity index (χ0v) is 7.47. The molecular weight excluding hydrogens is 200 g/mol. The number of rotatable bonds is 0. The van der Waals surface area contributed by atoms with E-state index in [0.717, 1.165) is 0 Å². The molecule has 1 heterocycles. The van der Waals surface area contributed by atoms with Crippen LogP contribution in [0.15, 0.2) is 34.1 Å².